The second-order valence-electron chi connectivity index (χ2n) is 7.71. The molecule has 1 fully saturated rings. The van der Waals surface area contributed by atoms with Crippen LogP contribution in [0.25, 0.3) is 11.0 Å². The summed E-state index contributed by atoms with van der Waals surface area (Å²) in [6, 6.07) is 0. The van der Waals surface area contributed by atoms with Gasteiger partial charge in [0.25, 0.3) is 0 Å². The summed E-state index contributed by atoms with van der Waals surface area (Å²) in [7, 11) is -1.65. The van der Waals surface area contributed by atoms with E-state index in [0.717, 1.165) is 0 Å². The number of halogens is 1. The van der Waals surface area contributed by atoms with E-state index in [1.807, 2.05) is 0 Å². The van der Waals surface area contributed by atoms with Gasteiger partial charge in [-0.2, -0.15) is 0 Å². The summed E-state index contributed by atoms with van der Waals surface area (Å²) < 4.78 is 22.2. The van der Waals surface area contributed by atoms with Gasteiger partial charge < -0.3 is 25.3 Å². The van der Waals surface area contributed by atoms with E-state index in [-0.39, 0.29) is 5.82 Å². The number of rotatable bonds is 2. The van der Waals surface area contributed by atoms with Gasteiger partial charge in [-0.15, -0.1) is 5.54 Å². The van der Waals surface area contributed by atoms with Crippen LogP contribution in [-0.2, 0) is 4.74 Å². The predicted molar refractivity (Wildman–Crippen MR) is 98.7 cm³/mol. The minimum atomic E-state index is -2.12. The maximum atomic E-state index is 15.2. The van der Waals surface area contributed by atoms with Crippen LogP contribution >= 0.6 is 0 Å². The number of aliphatic hydroxyl groups is 2. The summed E-state index contributed by atoms with van der Waals surface area (Å²) in [4.78, 5) is 8.23. The topological polar surface area (TPSA) is 106 Å². The highest BCUT2D eigenvalue weighted by molar-refractivity contribution is 6.83. The molecule has 3 heterocycles. The van der Waals surface area contributed by atoms with Gasteiger partial charge in [0, 0.05) is 6.20 Å². The van der Waals surface area contributed by atoms with Gasteiger partial charge in [0.2, 0.25) is 0 Å². The van der Waals surface area contributed by atoms with Crippen molar-refractivity contribution < 1.29 is 19.3 Å². The van der Waals surface area contributed by atoms with Crippen molar-refractivity contribution in [3.8, 4) is 11.5 Å². The molecular weight excluding hydrogens is 355 g/mol. The Labute approximate surface area is 152 Å². The zero-order valence-electron chi connectivity index (χ0n) is 15.2. The Hall–Kier alpha value is -1.99. The predicted octanol–water partition coefficient (Wildman–Crippen LogP) is 1.22. The molecule has 7 nitrogen and oxygen atoms in total. The van der Waals surface area contributed by atoms with Gasteiger partial charge in [0.1, 0.15) is 38.1 Å². The minimum Gasteiger partial charge on any atom is -0.394 e. The highest BCUT2D eigenvalue weighted by Gasteiger charge is 2.55. The fourth-order valence-corrected chi connectivity index (χ4v) is 3.51. The lowest BCUT2D eigenvalue weighted by Crippen LogP contribution is -2.40. The molecule has 0 aromatic carbocycles. The first-order valence-corrected chi connectivity index (χ1v) is 11.8. The first-order chi connectivity index (χ1) is 12.1. The number of hydrogen-bond acceptors (Lipinski definition) is 6. The number of aromatic nitrogens is 3. The van der Waals surface area contributed by atoms with E-state index in [2.05, 4.69) is 41.1 Å². The van der Waals surface area contributed by atoms with Crippen molar-refractivity contribution in [3.05, 3.63) is 18.1 Å². The van der Waals surface area contributed by atoms with Crippen molar-refractivity contribution in [1.29, 1.82) is 0 Å². The number of nitrogens with two attached hydrogens (primary N) is 1. The van der Waals surface area contributed by atoms with Gasteiger partial charge in [0.05, 0.1) is 17.6 Å². The first kappa shape index (κ1) is 18.8. The molecule has 4 atom stereocenters. The summed E-state index contributed by atoms with van der Waals surface area (Å²) in [6.07, 6.45) is -0.755. The zero-order valence-corrected chi connectivity index (χ0v) is 16.2. The van der Waals surface area contributed by atoms with Gasteiger partial charge >= 0.3 is 0 Å². The number of nitrogens with zero attached hydrogens (tertiary/aromatic N) is 3. The van der Waals surface area contributed by atoms with E-state index in [1.54, 1.807) is 6.20 Å². The SMILES string of the molecule is C[C@]1(F)[C@H](O)[C@@H](CO)O[C@H]1n1cc(C#C[Si](C)(C)C)c2c(N)ncnc21. The van der Waals surface area contributed by atoms with Crippen LogP contribution in [0, 0.1) is 11.5 Å². The second kappa shape index (κ2) is 6.31. The van der Waals surface area contributed by atoms with Crippen molar-refractivity contribution in [1.82, 2.24) is 14.5 Å². The fraction of sp³-hybridized carbons (Fsp3) is 0.529. The molecule has 0 bridgehead atoms. The van der Waals surface area contributed by atoms with E-state index >= 15 is 4.39 Å². The van der Waals surface area contributed by atoms with Crippen molar-refractivity contribution in [3.63, 3.8) is 0 Å². The molecule has 0 unspecified atom stereocenters. The number of aliphatic hydroxyl groups excluding tert-OH is 2. The Bertz CT molecular complexity index is 897. The third-order valence-corrected chi connectivity index (χ3v) is 5.24. The molecule has 1 saturated heterocycles. The summed E-state index contributed by atoms with van der Waals surface area (Å²) in [5.74, 6) is 3.36. The summed E-state index contributed by atoms with van der Waals surface area (Å²) in [5.41, 5.74) is 8.10. The van der Waals surface area contributed by atoms with E-state index in [9.17, 15) is 10.2 Å². The highest BCUT2D eigenvalue weighted by atomic mass is 28.3. The lowest BCUT2D eigenvalue weighted by molar-refractivity contribution is -0.0564. The zero-order chi connectivity index (χ0) is 19.3. The average molecular weight is 378 g/mol. The molecule has 1 aliphatic heterocycles. The Morgan fingerprint density at radius 2 is 2.12 bits per heavy atom. The summed E-state index contributed by atoms with van der Waals surface area (Å²) in [6.45, 7) is 7.08. The molecule has 4 N–H and O–H groups in total. The minimum absolute atomic E-state index is 0.242. The van der Waals surface area contributed by atoms with E-state index in [0.29, 0.717) is 16.6 Å². The van der Waals surface area contributed by atoms with Gasteiger partial charge in [-0.3, -0.25) is 0 Å². The molecule has 0 amide bonds. The van der Waals surface area contributed by atoms with Crippen LogP contribution < -0.4 is 5.73 Å². The van der Waals surface area contributed by atoms with Gasteiger partial charge in [-0.05, 0) is 6.92 Å². The lowest BCUT2D eigenvalue weighted by Gasteiger charge is -2.25. The van der Waals surface area contributed by atoms with Crippen molar-refractivity contribution in [2.45, 2.75) is 50.7 Å². The van der Waals surface area contributed by atoms with Crippen molar-refractivity contribution in [2.75, 3.05) is 12.3 Å². The van der Waals surface area contributed by atoms with Crippen LogP contribution in [0.3, 0.4) is 0 Å². The van der Waals surface area contributed by atoms with E-state index in [1.165, 1.54) is 17.8 Å². The third-order valence-electron chi connectivity index (χ3n) is 4.36. The molecule has 9 heteroatoms. The number of ether oxygens (including phenoxy) is 1. The molecule has 0 spiro atoms. The van der Waals surface area contributed by atoms with Crippen LogP contribution in [0.1, 0.15) is 18.7 Å². The largest absolute Gasteiger partial charge is 0.394 e. The Balaban J connectivity index is 2.19. The van der Waals surface area contributed by atoms with E-state index < -0.39 is 38.8 Å². The molecule has 0 aliphatic carbocycles. The number of hydrogen-bond donors (Lipinski definition) is 3. The Morgan fingerprint density at radius 3 is 2.69 bits per heavy atom. The summed E-state index contributed by atoms with van der Waals surface area (Å²) >= 11 is 0. The molecule has 3 rings (SSSR count). The van der Waals surface area contributed by atoms with Crippen LogP contribution in [0.2, 0.25) is 19.6 Å². The molecule has 0 radical (unpaired) electrons. The lowest BCUT2D eigenvalue weighted by atomic mass is 9.98. The Kier molecular flexibility index (Phi) is 4.56. The third kappa shape index (κ3) is 3.10. The monoisotopic (exact) mass is 378 g/mol. The molecule has 0 saturated carbocycles. The number of alkyl halides is 1. The van der Waals surface area contributed by atoms with Crippen molar-refractivity contribution in [2.24, 2.45) is 0 Å². The second-order valence-corrected chi connectivity index (χ2v) is 12.5. The molecule has 26 heavy (non-hydrogen) atoms. The molecule has 2 aromatic heterocycles. The molecule has 2 aromatic rings. The fourth-order valence-electron chi connectivity index (χ4n) is 3.00. The maximum Gasteiger partial charge on any atom is 0.181 e. The average Bonchev–Trinajstić information content (AvgIpc) is 3.02. The number of fused-ring (bicyclic) bond motifs is 1. The summed E-state index contributed by atoms with van der Waals surface area (Å²) in [5, 5.41) is 20.0. The smallest absolute Gasteiger partial charge is 0.181 e. The van der Waals surface area contributed by atoms with Crippen LogP contribution in [0.4, 0.5) is 10.2 Å². The standard InChI is InChI=1S/C17H23FN4O3Si/c1-17(18)13(24)11(8-23)25-16(17)22-7-10(5-6-26(2,3)4)12-14(19)20-9-21-15(12)22/h7,9,11,13,16,23-24H,8H2,1-4H3,(H2,19,20,21)/t11-,13-,16-,17+/m1/s1. The van der Waals surface area contributed by atoms with Gasteiger partial charge in [-0.25, -0.2) is 14.4 Å². The van der Waals surface area contributed by atoms with Crippen LogP contribution in [-0.4, -0.2) is 57.3 Å². The maximum absolute atomic E-state index is 15.2. The number of anilines is 1. The number of nitrogen functional groups attached to an aromatic ring is 1. The van der Waals surface area contributed by atoms with Crippen LogP contribution in [0.15, 0.2) is 12.5 Å². The van der Waals surface area contributed by atoms with Gasteiger partial charge in [-0.1, -0.05) is 25.6 Å². The van der Waals surface area contributed by atoms with E-state index in [4.69, 9.17) is 10.5 Å². The van der Waals surface area contributed by atoms with Gasteiger partial charge in [0.15, 0.2) is 11.9 Å². The quantitative estimate of drug-likeness (QED) is 0.536. The normalized spacial score (nSPS) is 29.0. The first-order valence-electron chi connectivity index (χ1n) is 8.33. The molecule has 1 aliphatic rings. The van der Waals surface area contributed by atoms with Crippen LogP contribution in [0.5, 0.6) is 0 Å². The highest BCUT2D eigenvalue weighted by Crippen LogP contribution is 2.43. The molecular formula is C17H23FN4O3Si. The Morgan fingerprint density at radius 1 is 1.42 bits per heavy atom. The molecule has 140 valence electrons. The van der Waals surface area contributed by atoms with Crippen molar-refractivity contribution >= 4 is 24.9 Å².